The fourth-order valence-corrected chi connectivity index (χ4v) is 3.72. The fraction of sp³-hybridized carbons (Fsp3) is 0.667. The second kappa shape index (κ2) is 9.80. The van der Waals surface area contributed by atoms with Gasteiger partial charge in [-0.15, -0.1) is 11.8 Å². The number of carboxylic acid groups (broad SMARTS) is 1. The van der Waals surface area contributed by atoms with Crippen LogP contribution in [0.3, 0.4) is 0 Å². The van der Waals surface area contributed by atoms with E-state index in [0.29, 0.717) is 25.7 Å². The van der Waals surface area contributed by atoms with E-state index in [1.54, 1.807) is 13.0 Å². The monoisotopic (exact) mass is 362 g/mol. The Morgan fingerprint density at radius 2 is 2.23 bits per heavy atom. The van der Waals surface area contributed by atoms with Crippen molar-refractivity contribution >= 4 is 5.97 Å². The third-order valence-corrected chi connectivity index (χ3v) is 5.31. The predicted octanol–water partition coefficient (Wildman–Crippen LogP) is 2.88. The molecule has 0 spiro atoms. The van der Waals surface area contributed by atoms with Gasteiger partial charge in [0.2, 0.25) is 0 Å². The van der Waals surface area contributed by atoms with E-state index in [4.69, 9.17) is 9.84 Å². The first kappa shape index (κ1) is 20.5. The molecule has 3 N–H and O–H groups in total. The predicted molar refractivity (Wildman–Crippen MR) is 99.0 cm³/mol. The Hall–Kier alpha value is -1.77. The molecule has 0 bridgehead atoms. The summed E-state index contributed by atoms with van der Waals surface area (Å²) >= 11 is 0. The molecule has 2 fully saturated rings. The molecule has 2 rings (SSSR count). The third-order valence-electron chi connectivity index (χ3n) is 5.31. The Bertz CT molecular complexity index is 597. The maximum atomic E-state index is 10.6. The number of hydrogen-bond donors (Lipinski definition) is 3. The number of hydrogen-bond acceptors (Lipinski definition) is 4. The number of ether oxygens (including phenoxy) is 1. The minimum Gasteiger partial charge on any atom is -0.495 e. The van der Waals surface area contributed by atoms with Gasteiger partial charge in [0.15, 0.2) is 0 Å². The van der Waals surface area contributed by atoms with Gasteiger partial charge in [-0.1, -0.05) is 19.1 Å². The van der Waals surface area contributed by atoms with Gasteiger partial charge in [-0.25, -0.2) is 0 Å². The van der Waals surface area contributed by atoms with Crippen LogP contribution < -0.4 is 0 Å². The van der Waals surface area contributed by atoms with Gasteiger partial charge in [-0.05, 0) is 31.8 Å². The molecule has 1 aliphatic heterocycles. The minimum absolute atomic E-state index is 0.00546. The molecule has 144 valence electrons. The van der Waals surface area contributed by atoms with Crippen LogP contribution in [0.4, 0.5) is 0 Å². The van der Waals surface area contributed by atoms with Crippen LogP contribution >= 0.6 is 0 Å². The number of carbonyl (C=O) groups is 1. The fourth-order valence-electron chi connectivity index (χ4n) is 3.72. The molecule has 26 heavy (non-hydrogen) atoms. The average molecular weight is 362 g/mol. The lowest BCUT2D eigenvalue weighted by molar-refractivity contribution is -0.137. The highest BCUT2D eigenvalue weighted by atomic mass is 16.5. The molecule has 6 atom stereocenters. The maximum Gasteiger partial charge on any atom is 0.303 e. The van der Waals surface area contributed by atoms with E-state index in [0.717, 1.165) is 12.2 Å². The van der Waals surface area contributed by atoms with Crippen LogP contribution in [0.2, 0.25) is 0 Å². The number of unbranched alkanes of at least 4 members (excludes halogenated alkanes) is 1. The van der Waals surface area contributed by atoms with Crippen molar-refractivity contribution in [3.8, 4) is 11.8 Å². The summed E-state index contributed by atoms with van der Waals surface area (Å²) in [4.78, 5) is 10.6. The molecule has 0 amide bonds. The summed E-state index contributed by atoms with van der Waals surface area (Å²) in [5.41, 5.74) is 0. The SMILES string of the molecule is CC#CCC(C)C(O)C=CC1C(O)CC2OC(=CCCCC(=O)O)CC21. The van der Waals surface area contributed by atoms with Crippen molar-refractivity contribution in [1.29, 1.82) is 0 Å². The van der Waals surface area contributed by atoms with Crippen LogP contribution in [0.5, 0.6) is 0 Å². The lowest BCUT2D eigenvalue weighted by atomic mass is 9.89. The number of aliphatic hydroxyl groups is 2. The zero-order valence-corrected chi connectivity index (χ0v) is 15.6. The molecular formula is C21H30O5. The molecule has 0 radical (unpaired) electrons. The number of aliphatic hydroxyl groups excluding tert-OH is 2. The van der Waals surface area contributed by atoms with Gasteiger partial charge < -0.3 is 20.1 Å². The largest absolute Gasteiger partial charge is 0.495 e. The van der Waals surface area contributed by atoms with Gasteiger partial charge in [0.1, 0.15) is 6.10 Å². The Kier molecular flexibility index (Phi) is 7.74. The molecule has 0 aromatic carbocycles. The van der Waals surface area contributed by atoms with E-state index in [1.807, 2.05) is 19.1 Å². The number of allylic oxidation sites excluding steroid dienone is 2. The first-order chi connectivity index (χ1) is 12.4. The normalized spacial score (nSPS) is 31.3. The van der Waals surface area contributed by atoms with E-state index < -0.39 is 18.2 Å². The van der Waals surface area contributed by atoms with Crippen molar-refractivity contribution in [1.82, 2.24) is 0 Å². The molecule has 1 aliphatic carbocycles. The lowest BCUT2D eigenvalue weighted by Crippen LogP contribution is -2.19. The molecule has 5 nitrogen and oxygen atoms in total. The molecule has 1 saturated heterocycles. The van der Waals surface area contributed by atoms with Crippen LogP contribution in [0.1, 0.15) is 52.4 Å². The number of carboxylic acids is 1. The van der Waals surface area contributed by atoms with Gasteiger partial charge in [-0.3, -0.25) is 4.79 Å². The quantitative estimate of drug-likeness (QED) is 0.351. The first-order valence-electron chi connectivity index (χ1n) is 9.44. The molecule has 1 heterocycles. The Morgan fingerprint density at radius 3 is 2.92 bits per heavy atom. The van der Waals surface area contributed by atoms with Crippen LogP contribution in [0.15, 0.2) is 24.0 Å². The van der Waals surface area contributed by atoms with Crippen molar-refractivity contribution in [3.63, 3.8) is 0 Å². The molecular weight excluding hydrogens is 332 g/mol. The van der Waals surface area contributed by atoms with Crippen molar-refractivity contribution in [2.45, 2.75) is 70.7 Å². The smallest absolute Gasteiger partial charge is 0.303 e. The second-order valence-electron chi connectivity index (χ2n) is 7.34. The van der Waals surface area contributed by atoms with E-state index in [2.05, 4.69) is 11.8 Å². The number of aliphatic carboxylic acids is 1. The van der Waals surface area contributed by atoms with Gasteiger partial charge in [0.05, 0.1) is 18.0 Å². The van der Waals surface area contributed by atoms with Gasteiger partial charge in [0, 0.05) is 37.5 Å². The zero-order valence-electron chi connectivity index (χ0n) is 15.6. The summed E-state index contributed by atoms with van der Waals surface area (Å²) in [6, 6.07) is 0. The zero-order chi connectivity index (χ0) is 19.1. The molecule has 2 aliphatic rings. The number of fused-ring (bicyclic) bond motifs is 1. The third kappa shape index (κ3) is 5.62. The van der Waals surface area contributed by atoms with Crippen molar-refractivity contribution in [3.05, 3.63) is 24.0 Å². The van der Waals surface area contributed by atoms with Crippen LogP contribution in [0, 0.1) is 29.6 Å². The van der Waals surface area contributed by atoms with Crippen molar-refractivity contribution in [2.75, 3.05) is 0 Å². The van der Waals surface area contributed by atoms with E-state index in [1.165, 1.54) is 0 Å². The summed E-state index contributed by atoms with van der Waals surface area (Å²) in [5.74, 6) is 6.19. The van der Waals surface area contributed by atoms with Crippen molar-refractivity contribution in [2.24, 2.45) is 17.8 Å². The summed E-state index contributed by atoms with van der Waals surface area (Å²) in [6.45, 7) is 3.75. The molecule has 1 saturated carbocycles. The first-order valence-corrected chi connectivity index (χ1v) is 9.44. The highest BCUT2D eigenvalue weighted by Crippen LogP contribution is 2.45. The molecule has 0 aromatic rings. The van der Waals surface area contributed by atoms with Crippen LogP contribution in [-0.2, 0) is 9.53 Å². The minimum atomic E-state index is -0.779. The average Bonchev–Trinajstić information content (AvgIpc) is 3.10. The maximum absolute atomic E-state index is 10.6. The molecule has 0 aromatic heterocycles. The van der Waals surface area contributed by atoms with E-state index in [9.17, 15) is 15.0 Å². The summed E-state index contributed by atoms with van der Waals surface area (Å²) in [6.07, 6.45) is 8.15. The highest BCUT2D eigenvalue weighted by molar-refractivity contribution is 5.66. The number of rotatable bonds is 8. The second-order valence-corrected chi connectivity index (χ2v) is 7.34. The lowest BCUT2D eigenvalue weighted by Gasteiger charge is -2.17. The topological polar surface area (TPSA) is 87.0 Å². The standard InChI is InChI=1S/C21H30O5/c1-3-4-7-14(2)18(22)11-10-16-17-12-15(8-5-6-9-21(24)25)26-20(17)13-19(16)23/h8,10-11,14,16-20,22-23H,5-7,9,12-13H2,1-2H3,(H,24,25). The Labute approximate surface area is 155 Å². The summed E-state index contributed by atoms with van der Waals surface area (Å²) in [7, 11) is 0. The van der Waals surface area contributed by atoms with E-state index in [-0.39, 0.29) is 30.3 Å². The van der Waals surface area contributed by atoms with Crippen molar-refractivity contribution < 1.29 is 24.9 Å². The van der Waals surface area contributed by atoms with Gasteiger partial charge in [-0.2, -0.15) is 0 Å². The van der Waals surface area contributed by atoms with Gasteiger partial charge in [0.25, 0.3) is 0 Å². The van der Waals surface area contributed by atoms with Gasteiger partial charge >= 0.3 is 5.97 Å². The Balaban J connectivity index is 1.89. The molecule has 5 heteroatoms. The molecule has 6 unspecified atom stereocenters. The van der Waals surface area contributed by atoms with Crippen LogP contribution in [0.25, 0.3) is 0 Å². The summed E-state index contributed by atoms with van der Waals surface area (Å²) in [5, 5.41) is 29.2. The highest BCUT2D eigenvalue weighted by Gasteiger charge is 2.46. The Morgan fingerprint density at radius 1 is 1.46 bits per heavy atom. The van der Waals surface area contributed by atoms with Crippen LogP contribution in [-0.4, -0.2) is 39.6 Å². The summed E-state index contributed by atoms with van der Waals surface area (Å²) < 4.78 is 5.94. The van der Waals surface area contributed by atoms with E-state index >= 15 is 0 Å².